The number of aromatic nitrogens is 2. The molecule has 1 fully saturated rings. The second kappa shape index (κ2) is 8.77. The van der Waals surface area contributed by atoms with Gasteiger partial charge in [0.2, 0.25) is 0 Å². The van der Waals surface area contributed by atoms with E-state index in [1.165, 1.54) is 0 Å². The summed E-state index contributed by atoms with van der Waals surface area (Å²) in [4.78, 5) is 20.8. The van der Waals surface area contributed by atoms with Crippen molar-refractivity contribution in [3.63, 3.8) is 0 Å². The summed E-state index contributed by atoms with van der Waals surface area (Å²) in [6, 6.07) is 21.9. The Bertz CT molecular complexity index is 1350. The summed E-state index contributed by atoms with van der Waals surface area (Å²) in [5, 5.41) is 19.6. The average molecular weight is 438 g/mol. The molecule has 4 aromatic rings. The SMILES string of the molecule is N#Cc1cc(COc2cnc3[nH]c(CN4CC(C(=O)O)C4)cc3c2)ccc1-c1ccccc1. The summed E-state index contributed by atoms with van der Waals surface area (Å²) in [7, 11) is 0. The number of carboxylic acids is 1. The molecule has 0 saturated carbocycles. The van der Waals surface area contributed by atoms with Crippen molar-refractivity contribution in [1.29, 1.82) is 5.26 Å². The lowest BCUT2D eigenvalue weighted by molar-refractivity contribution is -0.147. The molecule has 2 aromatic heterocycles. The van der Waals surface area contributed by atoms with Crippen LogP contribution in [0.2, 0.25) is 0 Å². The summed E-state index contributed by atoms with van der Waals surface area (Å²) >= 11 is 0. The van der Waals surface area contributed by atoms with E-state index in [2.05, 4.69) is 20.9 Å². The van der Waals surface area contributed by atoms with Gasteiger partial charge in [-0.25, -0.2) is 4.98 Å². The van der Waals surface area contributed by atoms with Crippen LogP contribution in [-0.2, 0) is 17.9 Å². The number of pyridine rings is 1. The third-order valence-electron chi connectivity index (χ3n) is 5.90. The van der Waals surface area contributed by atoms with Crippen LogP contribution < -0.4 is 4.74 Å². The molecular weight excluding hydrogens is 416 g/mol. The molecule has 0 atom stereocenters. The number of carboxylic acid groups (broad SMARTS) is 1. The second-order valence-corrected chi connectivity index (χ2v) is 8.28. The fourth-order valence-corrected chi connectivity index (χ4v) is 4.12. The highest BCUT2D eigenvalue weighted by Gasteiger charge is 2.32. The first-order valence-electron chi connectivity index (χ1n) is 10.7. The minimum atomic E-state index is -0.733. The quantitative estimate of drug-likeness (QED) is 0.448. The van der Waals surface area contributed by atoms with Crippen molar-refractivity contribution in [1.82, 2.24) is 14.9 Å². The van der Waals surface area contributed by atoms with Crippen LogP contribution in [0.5, 0.6) is 5.75 Å². The molecule has 5 rings (SSSR count). The number of H-pyrrole nitrogens is 1. The third kappa shape index (κ3) is 4.43. The molecule has 1 aliphatic heterocycles. The first kappa shape index (κ1) is 20.7. The van der Waals surface area contributed by atoms with Gasteiger partial charge in [-0.1, -0.05) is 42.5 Å². The topological polar surface area (TPSA) is 102 Å². The largest absolute Gasteiger partial charge is 0.487 e. The molecule has 3 heterocycles. The maximum atomic E-state index is 11.0. The number of nitriles is 1. The maximum Gasteiger partial charge on any atom is 0.309 e. The van der Waals surface area contributed by atoms with Crippen LogP contribution in [0.25, 0.3) is 22.2 Å². The fourth-order valence-electron chi connectivity index (χ4n) is 4.12. The molecule has 2 aromatic carbocycles. The lowest BCUT2D eigenvalue weighted by Gasteiger charge is -2.36. The summed E-state index contributed by atoms with van der Waals surface area (Å²) in [5.74, 6) is -0.354. The van der Waals surface area contributed by atoms with Crippen molar-refractivity contribution in [2.45, 2.75) is 13.2 Å². The number of fused-ring (bicyclic) bond motifs is 1. The third-order valence-corrected chi connectivity index (χ3v) is 5.90. The van der Waals surface area contributed by atoms with Crippen LogP contribution in [0.3, 0.4) is 0 Å². The number of rotatable bonds is 7. The molecular formula is C26H22N4O3. The number of hydrogen-bond donors (Lipinski definition) is 2. The van der Waals surface area contributed by atoms with E-state index >= 15 is 0 Å². The highest BCUT2D eigenvalue weighted by Crippen LogP contribution is 2.26. The molecule has 0 unspecified atom stereocenters. The van der Waals surface area contributed by atoms with Gasteiger partial charge in [-0.2, -0.15) is 5.26 Å². The van der Waals surface area contributed by atoms with E-state index in [4.69, 9.17) is 9.84 Å². The predicted octanol–water partition coefficient (Wildman–Crippen LogP) is 4.20. The number of likely N-dealkylation sites (tertiary alicyclic amines) is 1. The van der Waals surface area contributed by atoms with Crippen molar-refractivity contribution in [2.24, 2.45) is 5.92 Å². The van der Waals surface area contributed by atoms with Crippen molar-refractivity contribution >= 4 is 17.0 Å². The zero-order valence-electron chi connectivity index (χ0n) is 17.9. The van der Waals surface area contributed by atoms with Crippen molar-refractivity contribution in [2.75, 3.05) is 13.1 Å². The Morgan fingerprint density at radius 3 is 2.76 bits per heavy atom. The van der Waals surface area contributed by atoms with Gasteiger partial charge in [0.25, 0.3) is 0 Å². The Morgan fingerprint density at radius 2 is 2.00 bits per heavy atom. The second-order valence-electron chi connectivity index (χ2n) is 8.28. The van der Waals surface area contributed by atoms with E-state index in [0.29, 0.717) is 37.6 Å². The van der Waals surface area contributed by atoms with Gasteiger partial charge in [-0.3, -0.25) is 9.69 Å². The summed E-state index contributed by atoms with van der Waals surface area (Å²) in [5.41, 5.74) is 5.20. The monoisotopic (exact) mass is 438 g/mol. The van der Waals surface area contributed by atoms with Crippen LogP contribution in [0.1, 0.15) is 16.8 Å². The van der Waals surface area contributed by atoms with E-state index in [1.54, 1.807) is 6.20 Å². The molecule has 0 spiro atoms. The minimum Gasteiger partial charge on any atom is -0.487 e. The van der Waals surface area contributed by atoms with Gasteiger partial charge in [-0.15, -0.1) is 0 Å². The van der Waals surface area contributed by atoms with E-state index in [-0.39, 0.29) is 5.92 Å². The van der Waals surface area contributed by atoms with E-state index in [9.17, 15) is 10.1 Å². The Labute approximate surface area is 190 Å². The standard InChI is InChI=1S/C26H22N4O3/c27-11-20-8-17(6-7-24(20)18-4-2-1-3-5-18)16-33-23-10-19-9-22(29-25(19)28-12-23)15-30-13-21(14-30)26(31)32/h1-10,12,21H,13-16H2,(H,28,29)(H,31,32). The molecule has 0 aliphatic carbocycles. The lowest BCUT2D eigenvalue weighted by atomic mass is 9.98. The van der Waals surface area contributed by atoms with Crippen LogP contribution in [0.15, 0.2) is 66.9 Å². The number of nitrogens with one attached hydrogen (secondary N) is 1. The van der Waals surface area contributed by atoms with Gasteiger partial charge in [0.15, 0.2) is 0 Å². The number of aliphatic carboxylic acids is 1. The molecule has 2 N–H and O–H groups in total. The van der Waals surface area contributed by atoms with E-state index in [0.717, 1.165) is 33.4 Å². The smallest absolute Gasteiger partial charge is 0.309 e. The zero-order valence-corrected chi connectivity index (χ0v) is 17.9. The molecule has 0 amide bonds. The maximum absolute atomic E-state index is 11.0. The Morgan fingerprint density at radius 1 is 1.18 bits per heavy atom. The number of ether oxygens (including phenoxy) is 1. The van der Waals surface area contributed by atoms with Gasteiger partial charge < -0.3 is 14.8 Å². The molecule has 7 nitrogen and oxygen atoms in total. The van der Waals surface area contributed by atoms with Crippen LogP contribution in [0, 0.1) is 17.2 Å². The number of benzene rings is 2. The van der Waals surface area contributed by atoms with E-state index < -0.39 is 5.97 Å². The summed E-state index contributed by atoms with van der Waals surface area (Å²) in [6.07, 6.45) is 1.68. The molecule has 1 aliphatic rings. The first-order valence-corrected chi connectivity index (χ1v) is 10.7. The number of hydrogen-bond acceptors (Lipinski definition) is 5. The fraction of sp³-hybridized carbons (Fsp3) is 0.192. The van der Waals surface area contributed by atoms with Crippen LogP contribution in [0.4, 0.5) is 0 Å². The minimum absolute atomic E-state index is 0.268. The number of carbonyl (C=O) groups is 1. The summed E-state index contributed by atoms with van der Waals surface area (Å²) < 4.78 is 5.95. The molecule has 33 heavy (non-hydrogen) atoms. The van der Waals surface area contributed by atoms with Gasteiger partial charge >= 0.3 is 5.97 Å². The first-order chi connectivity index (χ1) is 16.1. The molecule has 0 bridgehead atoms. The number of nitrogens with zero attached hydrogens (tertiary/aromatic N) is 3. The highest BCUT2D eigenvalue weighted by atomic mass is 16.5. The average Bonchev–Trinajstić information content (AvgIpc) is 3.21. The van der Waals surface area contributed by atoms with Crippen molar-refractivity contribution in [3.8, 4) is 22.9 Å². The van der Waals surface area contributed by atoms with Gasteiger partial charge in [0, 0.05) is 30.7 Å². The zero-order chi connectivity index (χ0) is 22.8. The molecule has 7 heteroatoms. The van der Waals surface area contributed by atoms with Crippen molar-refractivity contribution < 1.29 is 14.6 Å². The molecule has 1 saturated heterocycles. The normalized spacial score (nSPS) is 14.0. The Balaban J connectivity index is 1.25. The predicted molar refractivity (Wildman–Crippen MR) is 123 cm³/mol. The van der Waals surface area contributed by atoms with Gasteiger partial charge in [0.05, 0.1) is 23.7 Å². The van der Waals surface area contributed by atoms with Crippen LogP contribution in [-0.4, -0.2) is 39.0 Å². The Hall–Kier alpha value is -4.15. The van der Waals surface area contributed by atoms with Gasteiger partial charge in [-0.05, 0) is 34.9 Å². The van der Waals surface area contributed by atoms with E-state index in [1.807, 2.05) is 60.7 Å². The highest BCUT2D eigenvalue weighted by molar-refractivity contribution is 5.78. The van der Waals surface area contributed by atoms with Gasteiger partial charge in [0.1, 0.15) is 18.0 Å². The summed E-state index contributed by atoms with van der Waals surface area (Å²) in [6.45, 7) is 2.14. The van der Waals surface area contributed by atoms with Crippen LogP contribution >= 0.6 is 0 Å². The lowest BCUT2D eigenvalue weighted by Crippen LogP contribution is -2.49. The number of aromatic amines is 1. The van der Waals surface area contributed by atoms with Crippen molar-refractivity contribution in [3.05, 3.63) is 83.7 Å². The molecule has 164 valence electrons. The molecule has 0 radical (unpaired) electrons. The Kier molecular flexibility index (Phi) is 5.51.